The topological polar surface area (TPSA) is 66.5 Å². The zero-order chi connectivity index (χ0) is 16.2. The van der Waals surface area contributed by atoms with Crippen molar-refractivity contribution in [1.29, 1.82) is 0 Å². The third-order valence-corrected chi connectivity index (χ3v) is 3.73. The number of aliphatic hydroxyl groups excluding tert-OH is 2. The van der Waals surface area contributed by atoms with Gasteiger partial charge in [0.2, 0.25) is 0 Å². The van der Waals surface area contributed by atoms with E-state index < -0.39 is 12.1 Å². The lowest BCUT2D eigenvalue weighted by molar-refractivity contribution is 0.109. The minimum Gasteiger partial charge on any atom is -0.395 e. The number of hydrogen-bond acceptors (Lipinski definition) is 3. The summed E-state index contributed by atoms with van der Waals surface area (Å²) in [5, 5.41) is 19.0. The smallest absolute Gasteiger partial charge is 0.0963 e. The largest absolute Gasteiger partial charge is 0.395 e. The fraction of sp³-hybridized carbons (Fsp3) is 0.579. The predicted octanol–water partition coefficient (Wildman–Crippen LogP) is 3.14. The van der Waals surface area contributed by atoms with E-state index in [0.29, 0.717) is 5.56 Å². The molecule has 0 fully saturated rings. The minimum absolute atomic E-state index is 0.241. The quantitative estimate of drug-likeness (QED) is 0.485. The molecule has 0 saturated carbocycles. The molecule has 0 saturated heterocycles. The molecule has 0 heterocycles. The van der Waals surface area contributed by atoms with Gasteiger partial charge in [0.05, 0.1) is 18.8 Å². The molecule has 1 aromatic carbocycles. The van der Waals surface area contributed by atoms with E-state index in [1.807, 2.05) is 18.2 Å². The molecule has 0 aliphatic rings. The molecule has 0 bridgehead atoms. The normalized spacial score (nSPS) is 13.3. The van der Waals surface area contributed by atoms with Crippen LogP contribution in [-0.4, -0.2) is 22.9 Å². The van der Waals surface area contributed by atoms with Gasteiger partial charge in [0.15, 0.2) is 0 Å². The first-order valence-corrected chi connectivity index (χ1v) is 8.32. The Balaban J connectivity index is 2.42. The summed E-state index contributed by atoms with van der Waals surface area (Å²) in [6.07, 6.45) is 7.69. The highest BCUT2D eigenvalue weighted by atomic mass is 16.3. The van der Waals surface area contributed by atoms with Crippen molar-refractivity contribution < 1.29 is 10.2 Å². The van der Waals surface area contributed by atoms with Gasteiger partial charge in [0.1, 0.15) is 0 Å². The van der Waals surface area contributed by atoms with Crippen LogP contribution in [0, 0.1) is 11.8 Å². The van der Waals surface area contributed by atoms with Crippen LogP contribution in [0.25, 0.3) is 0 Å². The Bertz CT molecular complexity index is 476. The number of benzene rings is 1. The predicted molar refractivity (Wildman–Crippen MR) is 91.3 cm³/mol. The lowest BCUT2D eigenvalue weighted by atomic mass is 10.0. The van der Waals surface area contributed by atoms with Crippen molar-refractivity contribution in [2.75, 3.05) is 6.61 Å². The number of aliphatic hydroxyl groups is 2. The van der Waals surface area contributed by atoms with Crippen LogP contribution in [0.2, 0.25) is 0 Å². The van der Waals surface area contributed by atoms with Gasteiger partial charge in [-0.1, -0.05) is 63.0 Å². The van der Waals surface area contributed by atoms with Gasteiger partial charge in [0, 0.05) is 12.0 Å². The average Bonchev–Trinajstić information content (AvgIpc) is 2.56. The summed E-state index contributed by atoms with van der Waals surface area (Å²) in [5.74, 6) is 6.32. The molecule has 1 aromatic rings. The molecule has 3 heteroatoms. The van der Waals surface area contributed by atoms with Gasteiger partial charge in [0.25, 0.3) is 0 Å². The Morgan fingerprint density at radius 2 is 1.86 bits per heavy atom. The highest BCUT2D eigenvalue weighted by Gasteiger charge is 2.15. The highest BCUT2D eigenvalue weighted by Crippen LogP contribution is 2.16. The second-order valence-corrected chi connectivity index (χ2v) is 5.74. The Morgan fingerprint density at radius 3 is 2.59 bits per heavy atom. The summed E-state index contributed by atoms with van der Waals surface area (Å²) in [6, 6.07) is 6.77. The zero-order valence-corrected chi connectivity index (χ0v) is 13.6. The number of unbranched alkanes of at least 4 members (excludes halogenated alkanes) is 6. The summed E-state index contributed by atoms with van der Waals surface area (Å²) in [5.41, 5.74) is 7.24. The van der Waals surface area contributed by atoms with Crippen LogP contribution in [0.15, 0.2) is 24.3 Å². The summed E-state index contributed by atoms with van der Waals surface area (Å²) in [6.45, 7) is 1.99. The van der Waals surface area contributed by atoms with Crippen molar-refractivity contribution in [3.05, 3.63) is 35.4 Å². The van der Waals surface area contributed by atoms with E-state index in [1.54, 1.807) is 6.07 Å². The van der Waals surface area contributed by atoms with Crippen LogP contribution >= 0.6 is 0 Å². The number of nitrogens with two attached hydrogens (primary N) is 1. The fourth-order valence-corrected chi connectivity index (χ4v) is 2.31. The molecule has 0 aromatic heterocycles. The Hall–Kier alpha value is -1.34. The van der Waals surface area contributed by atoms with Crippen LogP contribution in [0.1, 0.15) is 69.1 Å². The van der Waals surface area contributed by atoms with Crippen molar-refractivity contribution in [2.45, 2.75) is 64.0 Å². The van der Waals surface area contributed by atoms with E-state index >= 15 is 0 Å². The summed E-state index contributed by atoms with van der Waals surface area (Å²) < 4.78 is 0. The number of hydrogen-bond donors (Lipinski definition) is 3. The van der Waals surface area contributed by atoms with Gasteiger partial charge in [-0.05, 0) is 24.1 Å². The van der Waals surface area contributed by atoms with Crippen molar-refractivity contribution in [1.82, 2.24) is 0 Å². The van der Waals surface area contributed by atoms with E-state index in [-0.39, 0.29) is 6.61 Å². The molecule has 0 aliphatic carbocycles. The lowest BCUT2D eigenvalue weighted by Gasteiger charge is -2.16. The van der Waals surface area contributed by atoms with Crippen LogP contribution < -0.4 is 5.73 Å². The fourth-order valence-electron chi connectivity index (χ4n) is 2.31. The highest BCUT2D eigenvalue weighted by molar-refractivity contribution is 5.38. The second-order valence-electron chi connectivity index (χ2n) is 5.74. The van der Waals surface area contributed by atoms with Gasteiger partial charge in [-0.15, -0.1) is 0 Å². The molecule has 1 rings (SSSR count). The maximum absolute atomic E-state index is 9.99. The molecular formula is C19H29NO2. The Labute approximate surface area is 134 Å². The molecule has 0 spiro atoms. The average molecular weight is 303 g/mol. The van der Waals surface area contributed by atoms with Gasteiger partial charge < -0.3 is 15.9 Å². The molecule has 122 valence electrons. The van der Waals surface area contributed by atoms with E-state index in [1.165, 1.54) is 32.1 Å². The molecular weight excluding hydrogens is 274 g/mol. The third-order valence-electron chi connectivity index (χ3n) is 3.73. The summed E-state index contributed by atoms with van der Waals surface area (Å²) in [4.78, 5) is 0. The number of rotatable bonds is 9. The van der Waals surface area contributed by atoms with Crippen molar-refractivity contribution in [2.24, 2.45) is 5.73 Å². The van der Waals surface area contributed by atoms with Gasteiger partial charge in [-0.2, -0.15) is 0 Å². The molecule has 2 unspecified atom stereocenters. The summed E-state index contributed by atoms with van der Waals surface area (Å²) in [7, 11) is 0. The minimum atomic E-state index is -0.856. The molecule has 0 radical (unpaired) electrons. The zero-order valence-electron chi connectivity index (χ0n) is 13.6. The third kappa shape index (κ3) is 7.09. The molecule has 3 nitrogen and oxygen atoms in total. The monoisotopic (exact) mass is 303 g/mol. The van der Waals surface area contributed by atoms with Crippen LogP contribution in [0.4, 0.5) is 0 Å². The molecule has 22 heavy (non-hydrogen) atoms. The molecule has 4 N–H and O–H groups in total. The molecule has 0 aliphatic heterocycles. The summed E-state index contributed by atoms with van der Waals surface area (Å²) >= 11 is 0. The first-order valence-electron chi connectivity index (χ1n) is 8.32. The van der Waals surface area contributed by atoms with Crippen molar-refractivity contribution in [3.63, 3.8) is 0 Å². The van der Waals surface area contributed by atoms with E-state index in [4.69, 9.17) is 10.8 Å². The van der Waals surface area contributed by atoms with Crippen molar-refractivity contribution in [3.8, 4) is 11.8 Å². The maximum atomic E-state index is 9.99. The lowest BCUT2D eigenvalue weighted by Crippen LogP contribution is -2.31. The molecule has 2 atom stereocenters. The Kier molecular flexibility index (Phi) is 9.57. The van der Waals surface area contributed by atoms with Gasteiger partial charge in [-0.25, -0.2) is 0 Å². The van der Waals surface area contributed by atoms with Gasteiger partial charge in [-0.3, -0.25) is 0 Å². The maximum Gasteiger partial charge on any atom is 0.0963 e. The first-order chi connectivity index (χ1) is 10.7. The van der Waals surface area contributed by atoms with E-state index in [9.17, 15) is 5.11 Å². The second kappa shape index (κ2) is 11.3. The SMILES string of the molecule is CCCCCCCCC#Cc1cccc(C(O)C(N)CO)c1. The van der Waals surface area contributed by atoms with E-state index in [2.05, 4.69) is 18.8 Å². The van der Waals surface area contributed by atoms with E-state index in [0.717, 1.165) is 18.4 Å². The van der Waals surface area contributed by atoms with Crippen LogP contribution in [0.5, 0.6) is 0 Å². The van der Waals surface area contributed by atoms with Crippen LogP contribution in [-0.2, 0) is 0 Å². The standard InChI is InChI=1S/C19H29NO2/c1-2-3-4-5-6-7-8-9-11-16-12-10-13-17(14-16)19(22)18(20)15-21/h10,12-14,18-19,21-22H,2-8,15,20H2,1H3. The van der Waals surface area contributed by atoms with Gasteiger partial charge >= 0.3 is 0 Å². The first kappa shape index (κ1) is 18.7. The van der Waals surface area contributed by atoms with Crippen LogP contribution in [0.3, 0.4) is 0 Å². The van der Waals surface area contributed by atoms with Crippen molar-refractivity contribution >= 4 is 0 Å². The Morgan fingerprint density at radius 1 is 1.14 bits per heavy atom. The molecule has 0 amide bonds.